The molecule has 1 aromatic heterocycles. The lowest BCUT2D eigenvalue weighted by atomic mass is 9.43. The molecule has 0 N–H and O–H groups in total. The fourth-order valence-electron chi connectivity index (χ4n) is 12.8. The number of benzene rings is 10. The molecule has 3 heterocycles. The molecule has 0 spiro atoms. The predicted molar refractivity (Wildman–Crippen MR) is 353 cm³/mol. The van der Waals surface area contributed by atoms with Crippen LogP contribution >= 0.6 is 0 Å². The van der Waals surface area contributed by atoms with Crippen LogP contribution in [0.3, 0.4) is 0 Å². The summed E-state index contributed by atoms with van der Waals surface area (Å²) in [7, 11) is 0. The van der Waals surface area contributed by atoms with Crippen molar-refractivity contribution in [2.45, 2.75) is 112 Å². The van der Waals surface area contributed by atoms with Crippen LogP contribution in [-0.4, -0.2) is 6.85 Å². The Morgan fingerprint density at radius 3 is 1.57 bits per heavy atom. The van der Waals surface area contributed by atoms with E-state index >= 15 is 0 Å². The van der Waals surface area contributed by atoms with E-state index in [-0.39, 0.29) is 28.5 Å². The van der Waals surface area contributed by atoms with Gasteiger partial charge in [-0.25, -0.2) is 0 Å². The molecule has 0 saturated heterocycles. The molecule has 0 saturated carbocycles. The summed E-state index contributed by atoms with van der Waals surface area (Å²) < 4.78 is 6.93. The molecule has 0 unspecified atom stereocenters. The first-order chi connectivity index (χ1) is 39.1. The molecule has 0 bridgehead atoms. The quantitative estimate of drug-likeness (QED) is 0.148. The van der Waals surface area contributed by atoms with Crippen molar-refractivity contribution in [1.29, 1.82) is 0 Å². The number of anilines is 8. The number of hydrogen-bond donors (Lipinski definition) is 0. The average Bonchev–Trinajstić information content (AvgIpc) is 1.80. The van der Waals surface area contributed by atoms with Crippen molar-refractivity contribution >= 4 is 85.2 Å². The van der Waals surface area contributed by atoms with E-state index in [2.05, 4.69) is 317 Å². The number of rotatable bonds is 7. The first-order valence-electron chi connectivity index (χ1n) is 29.4. The van der Waals surface area contributed by atoms with Crippen LogP contribution < -0.4 is 25.5 Å². The maximum atomic E-state index is 6.93. The van der Waals surface area contributed by atoms with Gasteiger partial charge >= 0.3 is 6.85 Å². The minimum atomic E-state index is -0.261. The minimum absolute atomic E-state index is 0.00907. The molecule has 0 atom stereocenters. The molecule has 0 amide bonds. The van der Waals surface area contributed by atoms with Gasteiger partial charge in [-0.3, -0.25) is 0 Å². The maximum absolute atomic E-state index is 6.93. The first-order valence-corrected chi connectivity index (χ1v) is 29.4. The average molecular weight is 1070 g/mol. The van der Waals surface area contributed by atoms with Gasteiger partial charge in [0.1, 0.15) is 11.2 Å². The van der Waals surface area contributed by atoms with Gasteiger partial charge in [-0.15, -0.1) is 0 Å². The third kappa shape index (κ3) is 9.01. The third-order valence-electron chi connectivity index (χ3n) is 17.4. The number of hydrogen-bond acceptors (Lipinski definition) is 4. The van der Waals surface area contributed by atoms with E-state index in [1.165, 1.54) is 72.1 Å². The van der Waals surface area contributed by atoms with Crippen LogP contribution in [0.2, 0.25) is 0 Å². The lowest BCUT2D eigenvalue weighted by molar-refractivity contribution is 0.590. The van der Waals surface area contributed by atoms with Crippen molar-refractivity contribution in [1.82, 2.24) is 0 Å². The van der Waals surface area contributed by atoms with Gasteiger partial charge in [0.2, 0.25) is 0 Å². The summed E-state index contributed by atoms with van der Waals surface area (Å²) in [6.45, 7) is 29.6. The van der Waals surface area contributed by atoms with Crippen LogP contribution in [0, 0.1) is 6.92 Å². The highest BCUT2D eigenvalue weighted by molar-refractivity contribution is 6.94. The summed E-state index contributed by atoms with van der Waals surface area (Å²) in [6, 6.07) is 80.4. The lowest BCUT2D eigenvalue weighted by Gasteiger charge is -2.47. The zero-order chi connectivity index (χ0) is 57.2. The molecule has 10 aromatic carbocycles. The van der Waals surface area contributed by atoms with Crippen molar-refractivity contribution in [3.63, 3.8) is 0 Å². The van der Waals surface area contributed by atoms with Crippen LogP contribution in [-0.2, 0) is 21.7 Å². The largest absolute Gasteiger partial charge is 0.456 e. The van der Waals surface area contributed by atoms with Crippen LogP contribution in [0.4, 0.5) is 45.5 Å². The SMILES string of the molecule is Cc1ccccc1-c1cc2c3c(c1)N(c1ccc(C(C)(C)C)cc1-c1ccccc1)c1c(ccc4oc5ccccc5c14)B3N(c1ccc(C(C)(C)C)cc1)c1cc(N(c3ccc(C(C)(C)C)cc3)c3ccc(C(C)(C)C)cc3)ccc1-2. The van der Waals surface area contributed by atoms with Crippen LogP contribution in [0.5, 0.6) is 0 Å². The van der Waals surface area contributed by atoms with Crippen LogP contribution in [0.1, 0.15) is 111 Å². The summed E-state index contributed by atoms with van der Waals surface area (Å²) in [5, 5.41) is 2.20. The summed E-state index contributed by atoms with van der Waals surface area (Å²) in [4.78, 5) is 7.74. The van der Waals surface area contributed by atoms with E-state index in [9.17, 15) is 0 Å². The Bertz CT molecular complexity index is 4200. The molecule has 2 aliphatic rings. The molecule has 0 radical (unpaired) electrons. The van der Waals surface area contributed by atoms with Crippen LogP contribution in [0.15, 0.2) is 217 Å². The molecule has 406 valence electrons. The standard InChI is InChI=1S/C77H74BN3O/c1-49-21-17-18-24-60(49)51-45-64-61-41-40-59(79(56-34-27-52(28-35-56)74(2,3)4)57-36-29-53(30-37-57)75(5,6)7)48-67(61)81(58-38-31-54(32-39-58)76(8,9)10)78-65-42-44-70-71(62-25-19-20-26-69(62)82-70)73(65)80(68(46-51)72(64)78)66-43-33-55(77(11,12)13)47-63(66)50-22-15-14-16-23-50/h14-48H,1-13H3. The molecular weight excluding hydrogens is 994 g/mol. The van der Waals surface area contributed by atoms with Gasteiger partial charge in [-0.05, 0) is 175 Å². The molecule has 0 aliphatic carbocycles. The van der Waals surface area contributed by atoms with Crippen molar-refractivity contribution < 1.29 is 4.42 Å². The van der Waals surface area contributed by atoms with E-state index in [0.29, 0.717) is 0 Å². The van der Waals surface area contributed by atoms with Gasteiger partial charge in [-0.1, -0.05) is 210 Å². The lowest BCUT2D eigenvalue weighted by Crippen LogP contribution is -2.61. The van der Waals surface area contributed by atoms with Gasteiger partial charge < -0.3 is 19.0 Å². The number of fused-ring (bicyclic) bond motifs is 8. The van der Waals surface area contributed by atoms with E-state index in [0.717, 1.165) is 67.4 Å². The monoisotopic (exact) mass is 1070 g/mol. The summed E-state index contributed by atoms with van der Waals surface area (Å²) in [5.74, 6) is 0. The van der Waals surface area contributed by atoms with Gasteiger partial charge in [0.25, 0.3) is 0 Å². The van der Waals surface area contributed by atoms with Gasteiger partial charge in [0.05, 0.1) is 16.8 Å². The van der Waals surface area contributed by atoms with Crippen molar-refractivity contribution in [3.05, 3.63) is 240 Å². The predicted octanol–water partition coefficient (Wildman–Crippen LogP) is 20.6. The normalized spacial score (nSPS) is 13.4. The Hall–Kier alpha value is -8.54. The molecule has 82 heavy (non-hydrogen) atoms. The molecule has 11 aromatic rings. The summed E-state index contributed by atoms with van der Waals surface area (Å²) >= 11 is 0. The van der Waals surface area contributed by atoms with Crippen molar-refractivity contribution in [2.24, 2.45) is 0 Å². The number of nitrogens with zero attached hydrogens (tertiary/aromatic N) is 3. The second kappa shape index (κ2) is 19.3. The number of para-hydroxylation sites is 1. The highest BCUT2D eigenvalue weighted by atomic mass is 16.3. The van der Waals surface area contributed by atoms with Crippen LogP contribution in [0.25, 0.3) is 55.3 Å². The van der Waals surface area contributed by atoms with E-state index in [4.69, 9.17) is 4.42 Å². The molecule has 4 nitrogen and oxygen atoms in total. The Labute approximate surface area is 486 Å². The Balaban J connectivity index is 1.17. The fourth-order valence-corrected chi connectivity index (χ4v) is 12.8. The highest BCUT2D eigenvalue weighted by Gasteiger charge is 2.47. The first kappa shape index (κ1) is 52.8. The number of furan rings is 1. The second-order valence-corrected chi connectivity index (χ2v) is 27.1. The molecule has 0 fully saturated rings. The summed E-state index contributed by atoms with van der Waals surface area (Å²) in [5.41, 5.74) is 26.6. The van der Waals surface area contributed by atoms with E-state index in [1.807, 2.05) is 0 Å². The zero-order valence-corrected chi connectivity index (χ0v) is 50.0. The molecular formula is C77H74BN3O. The molecule has 5 heteroatoms. The third-order valence-corrected chi connectivity index (χ3v) is 17.4. The fraction of sp³-hybridized carbons (Fsp3) is 0.221. The zero-order valence-electron chi connectivity index (χ0n) is 50.0. The van der Waals surface area contributed by atoms with E-state index in [1.54, 1.807) is 0 Å². The molecule has 13 rings (SSSR count). The number of aryl methyl sites for hydroxylation is 1. The molecule has 2 aliphatic heterocycles. The Kier molecular flexibility index (Phi) is 12.4. The van der Waals surface area contributed by atoms with Crippen molar-refractivity contribution in [3.8, 4) is 33.4 Å². The highest BCUT2D eigenvalue weighted by Crippen LogP contribution is 2.54. The Morgan fingerprint density at radius 2 is 0.951 bits per heavy atom. The minimum Gasteiger partial charge on any atom is -0.456 e. The summed E-state index contributed by atoms with van der Waals surface area (Å²) in [6.07, 6.45) is 0. The smallest absolute Gasteiger partial charge is 0.333 e. The van der Waals surface area contributed by atoms with Crippen molar-refractivity contribution in [2.75, 3.05) is 14.6 Å². The van der Waals surface area contributed by atoms with Gasteiger partial charge in [-0.2, -0.15) is 0 Å². The second-order valence-electron chi connectivity index (χ2n) is 27.1. The van der Waals surface area contributed by atoms with E-state index < -0.39 is 0 Å². The van der Waals surface area contributed by atoms with Gasteiger partial charge in [0.15, 0.2) is 0 Å². The maximum Gasteiger partial charge on any atom is 0.333 e. The topological polar surface area (TPSA) is 22.9 Å². The van der Waals surface area contributed by atoms with Gasteiger partial charge in [0, 0.05) is 50.6 Å². The Morgan fingerprint density at radius 1 is 0.390 bits per heavy atom.